The molecule has 0 spiro atoms. The average molecular weight is 373 g/mol. The van der Waals surface area contributed by atoms with Crippen molar-refractivity contribution in [2.75, 3.05) is 10.7 Å². The molecule has 2 aromatic carbocycles. The van der Waals surface area contributed by atoms with E-state index < -0.39 is 0 Å². The molecule has 0 saturated carbocycles. The fraction of sp³-hybridized carbons (Fsp3) is 0.182. The Hall–Kier alpha value is -3.54. The van der Waals surface area contributed by atoms with E-state index in [2.05, 4.69) is 57.0 Å². The number of anilines is 2. The zero-order chi connectivity index (χ0) is 19.9. The molecule has 3 rings (SSSR count). The summed E-state index contributed by atoms with van der Waals surface area (Å²) in [5, 5.41) is 7.11. The van der Waals surface area contributed by atoms with Crippen molar-refractivity contribution >= 4 is 23.6 Å². The highest BCUT2D eigenvalue weighted by Gasteiger charge is 2.09. The molecule has 1 heterocycles. The summed E-state index contributed by atoms with van der Waals surface area (Å²) in [4.78, 5) is 20.3. The third-order valence-electron chi connectivity index (χ3n) is 4.07. The van der Waals surface area contributed by atoms with Crippen LogP contribution in [0.25, 0.3) is 11.3 Å². The van der Waals surface area contributed by atoms with Crippen molar-refractivity contribution < 1.29 is 4.79 Å². The highest BCUT2D eigenvalue weighted by molar-refractivity contribution is 5.93. The summed E-state index contributed by atoms with van der Waals surface area (Å²) in [6.45, 7) is 5.38. The first-order chi connectivity index (χ1) is 13.5. The number of hydrogen-bond donors (Lipinski definition) is 2. The molecule has 0 fully saturated rings. The van der Waals surface area contributed by atoms with Gasteiger partial charge in [-0.2, -0.15) is 5.10 Å². The van der Waals surface area contributed by atoms with E-state index in [1.54, 1.807) is 0 Å². The molecule has 1 aromatic heterocycles. The summed E-state index contributed by atoms with van der Waals surface area (Å²) < 4.78 is 0. The number of nitrogens with zero attached hydrogens (tertiary/aromatic N) is 3. The Labute approximate surface area is 164 Å². The molecule has 3 aromatic rings. The van der Waals surface area contributed by atoms with E-state index in [1.165, 1.54) is 18.1 Å². The molecular weight excluding hydrogens is 350 g/mol. The van der Waals surface area contributed by atoms with Crippen molar-refractivity contribution in [2.24, 2.45) is 5.10 Å². The van der Waals surface area contributed by atoms with E-state index in [-0.39, 0.29) is 5.91 Å². The predicted octanol–water partition coefficient (Wildman–Crippen LogP) is 4.36. The van der Waals surface area contributed by atoms with Crippen molar-refractivity contribution in [3.05, 3.63) is 71.5 Å². The van der Waals surface area contributed by atoms with Gasteiger partial charge in [0.15, 0.2) is 0 Å². The number of hydrazone groups is 1. The van der Waals surface area contributed by atoms with Gasteiger partial charge in [0.05, 0.1) is 11.4 Å². The maximum absolute atomic E-state index is 11.5. The first-order valence-electron chi connectivity index (χ1n) is 9.07. The lowest BCUT2D eigenvalue weighted by Crippen LogP contribution is -2.07. The van der Waals surface area contributed by atoms with Crippen molar-refractivity contribution in [3.8, 4) is 11.3 Å². The van der Waals surface area contributed by atoms with Gasteiger partial charge in [0.2, 0.25) is 5.91 Å². The summed E-state index contributed by atoms with van der Waals surface area (Å²) in [6, 6.07) is 17.7. The fourth-order valence-electron chi connectivity index (χ4n) is 2.76. The van der Waals surface area contributed by atoms with E-state index in [0.29, 0.717) is 23.0 Å². The Morgan fingerprint density at radius 2 is 1.82 bits per heavy atom. The van der Waals surface area contributed by atoms with E-state index in [1.807, 2.05) is 43.5 Å². The normalized spacial score (nSPS) is 10.8. The van der Waals surface area contributed by atoms with E-state index in [0.717, 1.165) is 12.0 Å². The fourth-order valence-corrected chi connectivity index (χ4v) is 2.76. The van der Waals surface area contributed by atoms with Gasteiger partial charge in [-0.25, -0.2) is 9.97 Å². The maximum Gasteiger partial charge on any atom is 0.221 e. The number of hydrogen-bond acceptors (Lipinski definition) is 5. The van der Waals surface area contributed by atoms with Crippen molar-refractivity contribution in [3.63, 3.8) is 0 Å². The number of amides is 1. The van der Waals surface area contributed by atoms with Gasteiger partial charge in [-0.15, -0.1) is 0 Å². The smallest absolute Gasteiger partial charge is 0.221 e. The van der Waals surface area contributed by atoms with Gasteiger partial charge in [-0.1, -0.05) is 48.0 Å². The van der Waals surface area contributed by atoms with Crippen LogP contribution in [-0.4, -0.2) is 22.1 Å². The monoisotopic (exact) mass is 373 g/mol. The van der Waals surface area contributed by atoms with Crippen LogP contribution in [-0.2, 0) is 11.2 Å². The second-order valence-electron chi connectivity index (χ2n) is 6.53. The second-order valence-corrected chi connectivity index (χ2v) is 6.53. The molecule has 0 aliphatic rings. The highest BCUT2D eigenvalue weighted by atomic mass is 16.1. The summed E-state index contributed by atoms with van der Waals surface area (Å²) in [5.74, 6) is 1.09. The first-order valence-corrected chi connectivity index (χ1v) is 9.07. The lowest BCUT2D eigenvalue weighted by molar-refractivity contribution is -0.114. The number of carbonyl (C=O) groups is 1. The van der Waals surface area contributed by atoms with Gasteiger partial charge in [-0.3, -0.25) is 10.2 Å². The SMILES string of the molecule is CC(=O)Nc1ccccc1-c1cc(NN=CCc2ccc(C)cc2)nc(C)n1. The highest BCUT2D eigenvalue weighted by Crippen LogP contribution is 2.27. The molecule has 6 nitrogen and oxygen atoms in total. The topological polar surface area (TPSA) is 79.3 Å². The number of carbonyl (C=O) groups excluding carboxylic acids is 1. The van der Waals surface area contributed by atoms with Crippen LogP contribution in [0.5, 0.6) is 0 Å². The molecule has 0 unspecified atom stereocenters. The van der Waals surface area contributed by atoms with Gasteiger partial charge in [0.1, 0.15) is 11.6 Å². The molecule has 1 amide bonds. The largest absolute Gasteiger partial charge is 0.326 e. The summed E-state index contributed by atoms with van der Waals surface area (Å²) >= 11 is 0. The summed E-state index contributed by atoms with van der Waals surface area (Å²) in [6.07, 6.45) is 2.54. The quantitative estimate of drug-likeness (QED) is 0.497. The predicted molar refractivity (Wildman–Crippen MR) is 114 cm³/mol. The zero-order valence-electron chi connectivity index (χ0n) is 16.2. The van der Waals surface area contributed by atoms with Gasteiger partial charge < -0.3 is 5.32 Å². The van der Waals surface area contributed by atoms with Crippen molar-refractivity contribution in [1.82, 2.24) is 9.97 Å². The number of rotatable bonds is 6. The van der Waals surface area contributed by atoms with Crippen molar-refractivity contribution in [2.45, 2.75) is 27.2 Å². The van der Waals surface area contributed by atoms with Crippen LogP contribution < -0.4 is 10.7 Å². The first kappa shape index (κ1) is 19.2. The van der Waals surface area contributed by atoms with Crippen LogP contribution in [0.4, 0.5) is 11.5 Å². The maximum atomic E-state index is 11.5. The molecule has 2 N–H and O–H groups in total. The van der Waals surface area contributed by atoms with E-state index >= 15 is 0 Å². The molecule has 0 aliphatic heterocycles. The van der Waals surface area contributed by atoms with Crippen LogP contribution in [0.15, 0.2) is 59.7 Å². The van der Waals surface area contributed by atoms with E-state index in [4.69, 9.17) is 0 Å². The molecule has 28 heavy (non-hydrogen) atoms. The zero-order valence-corrected chi connectivity index (χ0v) is 16.2. The number of nitrogens with one attached hydrogen (secondary N) is 2. The minimum Gasteiger partial charge on any atom is -0.326 e. The van der Waals surface area contributed by atoms with Crippen LogP contribution in [0.1, 0.15) is 23.9 Å². The van der Waals surface area contributed by atoms with Crippen LogP contribution in [0, 0.1) is 13.8 Å². The Kier molecular flexibility index (Phi) is 6.11. The standard InChI is InChI=1S/C22H23N5O/c1-15-8-10-18(11-9-15)12-13-23-27-22-14-21(24-16(2)25-22)19-6-4-5-7-20(19)26-17(3)28/h4-11,13-14H,12H2,1-3H3,(H,26,28)(H,24,25,27). The second kappa shape index (κ2) is 8.90. The lowest BCUT2D eigenvalue weighted by atomic mass is 10.1. The lowest BCUT2D eigenvalue weighted by Gasteiger charge is -2.11. The molecule has 0 radical (unpaired) electrons. The van der Waals surface area contributed by atoms with Crippen LogP contribution in [0.3, 0.4) is 0 Å². The molecule has 142 valence electrons. The molecule has 0 atom stereocenters. The van der Waals surface area contributed by atoms with Gasteiger partial charge in [0.25, 0.3) is 0 Å². The molecule has 0 bridgehead atoms. The number of para-hydroxylation sites is 1. The number of benzene rings is 2. The Morgan fingerprint density at radius 3 is 2.57 bits per heavy atom. The van der Waals surface area contributed by atoms with Crippen LogP contribution in [0.2, 0.25) is 0 Å². The van der Waals surface area contributed by atoms with E-state index in [9.17, 15) is 4.79 Å². The molecular formula is C22H23N5O. The van der Waals surface area contributed by atoms with Gasteiger partial charge in [0, 0.05) is 31.2 Å². The minimum atomic E-state index is -0.128. The number of aryl methyl sites for hydroxylation is 2. The molecule has 6 heteroatoms. The average Bonchev–Trinajstić information content (AvgIpc) is 2.66. The molecule has 0 saturated heterocycles. The third kappa shape index (κ3) is 5.23. The minimum absolute atomic E-state index is 0.128. The Balaban J connectivity index is 1.76. The number of aromatic nitrogens is 2. The Morgan fingerprint density at radius 1 is 1.07 bits per heavy atom. The third-order valence-corrected chi connectivity index (χ3v) is 4.07. The van der Waals surface area contributed by atoms with Gasteiger partial charge >= 0.3 is 0 Å². The van der Waals surface area contributed by atoms with Gasteiger partial charge in [-0.05, 0) is 25.5 Å². The summed E-state index contributed by atoms with van der Waals surface area (Å²) in [7, 11) is 0. The molecule has 0 aliphatic carbocycles. The van der Waals surface area contributed by atoms with Crippen LogP contribution >= 0.6 is 0 Å². The Bertz CT molecular complexity index is 996. The van der Waals surface area contributed by atoms with Crippen molar-refractivity contribution in [1.29, 1.82) is 0 Å². The summed E-state index contributed by atoms with van der Waals surface area (Å²) in [5.41, 5.74) is 7.66.